The first-order valence-corrected chi connectivity index (χ1v) is 6.74. The van der Waals surface area contributed by atoms with E-state index in [1.165, 1.54) is 7.11 Å². The molecule has 3 atom stereocenters. The average molecular weight is 271 g/mol. The Labute approximate surface area is 118 Å². The standard InChI is InChI=1S/C16H17NO3/c1-17-13-8-12(16(19)20-2)15(17)11(9-14(13)18)10-6-4-3-5-7-10/h3-7,9,12-13,15H,8H2,1-2H3/t12-,13+,15-/m0/s1. The molecule has 104 valence electrons. The molecule has 2 bridgehead atoms. The Bertz CT molecular complexity index is 579. The van der Waals surface area contributed by atoms with Crippen LogP contribution in [0.3, 0.4) is 0 Å². The first-order valence-electron chi connectivity index (χ1n) is 6.74. The van der Waals surface area contributed by atoms with Crippen molar-refractivity contribution in [2.45, 2.75) is 18.5 Å². The topological polar surface area (TPSA) is 46.6 Å². The second-order valence-corrected chi connectivity index (χ2v) is 5.36. The summed E-state index contributed by atoms with van der Waals surface area (Å²) in [6.07, 6.45) is 2.24. The lowest BCUT2D eigenvalue weighted by atomic mass is 9.89. The van der Waals surface area contributed by atoms with E-state index in [-0.39, 0.29) is 29.8 Å². The van der Waals surface area contributed by atoms with Gasteiger partial charge in [0.2, 0.25) is 0 Å². The molecule has 3 rings (SSSR count). The van der Waals surface area contributed by atoms with Crippen molar-refractivity contribution in [3.63, 3.8) is 0 Å². The number of ketones is 1. The Morgan fingerprint density at radius 2 is 2.00 bits per heavy atom. The van der Waals surface area contributed by atoms with Crippen molar-refractivity contribution in [3.8, 4) is 0 Å². The maximum atomic E-state index is 12.2. The van der Waals surface area contributed by atoms with Gasteiger partial charge in [-0.15, -0.1) is 0 Å². The van der Waals surface area contributed by atoms with Crippen molar-refractivity contribution in [2.24, 2.45) is 5.92 Å². The third-order valence-electron chi connectivity index (χ3n) is 4.34. The third kappa shape index (κ3) is 1.88. The fourth-order valence-electron chi connectivity index (χ4n) is 3.36. The van der Waals surface area contributed by atoms with Gasteiger partial charge in [-0.1, -0.05) is 30.3 Å². The molecule has 1 fully saturated rings. The number of hydrogen-bond donors (Lipinski definition) is 0. The number of methoxy groups -OCH3 is 1. The van der Waals surface area contributed by atoms with Gasteiger partial charge in [0.15, 0.2) is 5.78 Å². The zero-order valence-electron chi connectivity index (χ0n) is 11.6. The van der Waals surface area contributed by atoms with Gasteiger partial charge in [-0.2, -0.15) is 0 Å². The summed E-state index contributed by atoms with van der Waals surface area (Å²) in [7, 11) is 3.31. The van der Waals surface area contributed by atoms with E-state index in [0.717, 1.165) is 11.1 Å². The zero-order valence-corrected chi connectivity index (χ0v) is 11.6. The summed E-state index contributed by atoms with van der Waals surface area (Å²) in [5, 5.41) is 0. The molecule has 2 heterocycles. The van der Waals surface area contributed by atoms with E-state index in [1.54, 1.807) is 6.08 Å². The highest BCUT2D eigenvalue weighted by molar-refractivity contribution is 6.05. The Balaban J connectivity index is 2.05. The van der Waals surface area contributed by atoms with Crippen molar-refractivity contribution < 1.29 is 14.3 Å². The Kier molecular flexibility index (Phi) is 3.18. The molecule has 0 aromatic heterocycles. The van der Waals surface area contributed by atoms with Gasteiger partial charge in [0.05, 0.1) is 19.1 Å². The van der Waals surface area contributed by atoms with Gasteiger partial charge in [-0.3, -0.25) is 14.5 Å². The molecule has 20 heavy (non-hydrogen) atoms. The second-order valence-electron chi connectivity index (χ2n) is 5.36. The van der Waals surface area contributed by atoms with E-state index in [9.17, 15) is 9.59 Å². The summed E-state index contributed by atoms with van der Waals surface area (Å²) >= 11 is 0. The minimum Gasteiger partial charge on any atom is -0.469 e. The summed E-state index contributed by atoms with van der Waals surface area (Å²) in [6.45, 7) is 0. The highest BCUT2D eigenvalue weighted by Gasteiger charge is 2.50. The third-order valence-corrected chi connectivity index (χ3v) is 4.34. The van der Waals surface area contributed by atoms with Crippen LogP contribution in [0.2, 0.25) is 0 Å². The zero-order chi connectivity index (χ0) is 14.3. The number of rotatable bonds is 2. The number of carbonyl (C=O) groups is 2. The number of hydrogen-bond acceptors (Lipinski definition) is 4. The lowest BCUT2D eigenvalue weighted by Crippen LogP contribution is -2.43. The van der Waals surface area contributed by atoms with Crippen LogP contribution in [0, 0.1) is 5.92 Å². The van der Waals surface area contributed by atoms with Crippen molar-refractivity contribution >= 4 is 17.3 Å². The number of esters is 1. The van der Waals surface area contributed by atoms with Gasteiger partial charge in [0.1, 0.15) is 0 Å². The first kappa shape index (κ1) is 13.1. The summed E-state index contributed by atoms with van der Waals surface area (Å²) in [5.74, 6) is -0.428. The van der Waals surface area contributed by atoms with E-state index in [4.69, 9.17) is 4.74 Å². The van der Waals surface area contributed by atoms with Crippen LogP contribution >= 0.6 is 0 Å². The predicted octanol–water partition coefficient (Wildman–Crippen LogP) is 1.51. The number of carbonyl (C=O) groups excluding carboxylic acids is 2. The quantitative estimate of drug-likeness (QED) is 0.765. The molecule has 0 unspecified atom stereocenters. The lowest BCUT2D eigenvalue weighted by Gasteiger charge is -2.32. The van der Waals surface area contributed by atoms with Crippen molar-refractivity contribution in [3.05, 3.63) is 42.0 Å². The van der Waals surface area contributed by atoms with Gasteiger partial charge in [0, 0.05) is 6.04 Å². The maximum absolute atomic E-state index is 12.2. The van der Waals surface area contributed by atoms with Crippen LogP contribution in [0.4, 0.5) is 0 Å². The molecular weight excluding hydrogens is 254 g/mol. The molecular formula is C16H17NO3. The van der Waals surface area contributed by atoms with E-state index in [1.807, 2.05) is 42.3 Å². The monoisotopic (exact) mass is 271 g/mol. The molecule has 0 aliphatic carbocycles. The van der Waals surface area contributed by atoms with Crippen LogP contribution < -0.4 is 0 Å². The minimum absolute atomic E-state index is 0.0763. The van der Waals surface area contributed by atoms with Crippen LogP contribution in [-0.4, -0.2) is 42.9 Å². The van der Waals surface area contributed by atoms with Crippen LogP contribution in [0.15, 0.2) is 36.4 Å². The van der Waals surface area contributed by atoms with Crippen molar-refractivity contribution in [1.29, 1.82) is 0 Å². The van der Waals surface area contributed by atoms with Gasteiger partial charge in [-0.25, -0.2) is 0 Å². The van der Waals surface area contributed by atoms with Crippen molar-refractivity contribution in [2.75, 3.05) is 14.2 Å². The highest BCUT2D eigenvalue weighted by Crippen LogP contribution is 2.41. The average Bonchev–Trinajstić information content (AvgIpc) is 2.72. The summed E-state index contributed by atoms with van der Waals surface area (Å²) in [6, 6.07) is 9.49. The predicted molar refractivity (Wildman–Crippen MR) is 74.9 cm³/mol. The molecule has 1 saturated heterocycles. The number of likely N-dealkylation sites (N-methyl/N-ethyl adjacent to an activating group) is 1. The van der Waals surface area contributed by atoms with Crippen LogP contribution in [0.1, 0.15) is 12.0 Å². The van der Waals surface area contributed by atoms with Gasteiger partial charge >= 0.3 is 5.97 Å². The van der Waals surface area contributed by atoms with E-state index < -0.39 is 0 Å². The minimum atomic E-state index is -0.270. The number of benzene rings is 1. The normalized spacial score (nSPS) is 29.2. The smallest absolute Gasteiger partial charge is 0.310 e. The number of nitrogens with zero attached hydrogens (tertiary/aromatic N) is 1. The molecule has 1 aromatic rings. The molecule has 1 aromatic carbocycles. The SMILES string of the molecule is COC(=O)[C@H]1C[C@@H]2C(=O)C=C(c3ccccc3)[C@@H]1N2C. The Morgan fingerprint density at radius 3 is 2.65 bits per heavy atom. The fourth-order valence-corrected chi connectivity index (χ4v) is 3.36. The molecule has 0 N–H and O–H groups in total. The van der Waals surface area contributed by atoms with Gasteiger partial charge in [0.25, 0.3) is 0 Å². The molecule has 0 spiro atoms. The largest absolute Gasteiger partial charge is 0.469 e. The molecule has 0 saturated carbocycles. The summed E-state index contributed by atoms with van der Waals surface area (Å²) < 4.78 is 4.91. The van der Waals surface area contributed by atoms with Crippen molar-refractivity contribution in [1.82, 2.24) is 4.90 Å². The molecule has 2 aliphatic heterocycles. The summed E-state index contributed by atoms with van der Waals surface area (Å²) in [5.41, 5.74) is 1.91. The number of fused-ring (bicyclic) bond motifs is 2. The first-order chi connectivity index (χ1) is 9.63. The van der Waals surface area contributed by atoms with E-state index in [0.29, 0.717) is 6.42 Å². The second kappa shape index (κ2) is 4.87. The molecule has 4 heteroatoms. The van der Waals surface area contributed by atoms with Crippen LogP contribution in [0.5, 0.6) is 0 Å². The molecule has 0 radical (unpaired) electrons. The van der Waals surface area contributed by atoms with Gasteiger partial charge < -0.3 is 4.74 Å². The van der Waals surface area contributed by atoms with Crippen LogP contribution in [0.25, 0.3) is 5.57 Å². The Hall–Kier alpha value is -1.94. The molecule has 2 aliphatic rings. The molecule has 0 amide bonds. The van der Waals surface area contributed by atoms with Crippen LogP contribution in [-0.2, 0) is 14.3 Å². The summed E-state index contributed by atoms with van der Waals surface area (Å²) in [4.78, 5) is 26.2. The van der Waals surface area contributed by atoms with E-state index >= 15 is 0 Å². The molecule has 4 nitrogen and oxygen atoms in total. The maximum Gasteiger partial charge on any atom is 0.310 e. The van der Waals surface area contributed by atoms with E-state index in [2.05, 4.69) is 0 Å². The fraction of sp³-hybridized carbons (Fsp3) is 0.375. The Morgan fingerprint density at radius 1 is 1.30 bits per heavy atom. The lowest BCUT2D eigenvalue weighted by molar-refractivity contribution is -0.145. The highest BCUT2D eigenvalue weighted by atomic mass is 16.5. The number of ether oxygens (including phenoxy) is 1. The van der Waals surface area contributed by atoms with Gasteiger partial charge in [-0.05, 0) is 30.7 Å².